The van der Waals surface area contributed by atoms with E-state index in [9.17, 15) is 5.11 Å². The SMILES string of the molecule is Cc1ccsc1C(C)NCC1CCC(O)CC1. The lowest BCUT2D eigenvalue weighted by Gasteiger charge is -2.26. The van der Waals surface area contributed by atoms with Gasteiger partial charge in [-0.25, -0.2) is 0 Å². The number of aliphatic hydroxyl groups excluding tert-OH is 1. The van der Waals surface area contributed by atoms with Gasteiger partial charge in [0.15, 0.2) is 0 Å². The van der Waals surface area contributed by atoms with E-state index >= 15 is 0 Å². The number of hydrogen-bond donors (Lipinski definition) is 2. The van der Waals surface area contributed by atoms with Crippen LogP contribution in [0.5, 0.6) is 0 Å². The summed E-state index contributed by atoms with van der Waals surface area (Å²) in [5, 5.41) is 15.3. The first-order chi connectivity index (χ1) is 8.16. The van der Waals surface area contributed by atoms with Crippen molar-refractivity contribution in [1.29, 1.82) is 0 Å². The van der Waals surface area contributed by atoms with Crippen molar-refractivity contribution in [1.82, 2.24) is 5.32 Å². The average Bonchev–Trinajstić information content (AvgIpc) is 2.74. The van der Waals surface area contributed by atoms with Gasteiger partial charge in [0, 0.05) is 10.9 Å². The standard InChI is InChI=1S/C14H23NOS/c1-10-7-8-17-14(10)11(2)15-9-12-3-5-13(16)6-4-12/h7-8,11-13,15-16H,3-6,9H2,1-2H3. The van der Waals surface area contributed by atoms with Crippen LogP contribution in [0.4, 0.5) is 0 Å². The summed E-state index contributed by atoms with van der Waals surface area (Å²) >= 11 is 1.84. The van der Waals surface area contributed by atoms with E-state index in [4.69, 9.17) is 0 Å². The lowest BCUT2D eigenvalue weighted by Crippen LogP contribution is -2.29. The molecule has 1 atom stereocenters. The maximum atomic E-state index is 9.47. The molecule has 17 heavy (non-hydrogen) atoms. The molecular formula is C14H23NOS. The predicted molar refractivity (Wildman–Crippen MR) is 73.4 cm³/mol. The third-order valence-corrected chi connectivity index (χ3v) is 5.03. The summed E-state index contributed by atoms with van der Waals surface area (Å²) in [6.07, 6.45) is 4.27. The molecule has 1 aromatic heterocycles. The van der Waals surface area contributed by atoms with Crippen LogP contribution in [0.15, 0.2) is 11.4 Å². The first-order valence-electron chi connectivity index (χ1n) is 6.62. The summed E-state index contributed by atoms with van der Waals surface area (Å²) in [4.78, 5) is 1.46. The quantitative estimate of drug-likeness (QED) is 0.863. The summed E-state index contributed by atoms with van der Waals surface area (Å²) in [7, 11) is 0. The maximum absolute atomic E-state index is 9.47. The summed E-state index contributed by atoms with van der Waals surface area (Å²) < 4.78 is 0. The highest BCUT2D eigenvalue weighted by molar-refractivity contribution is 7.10. The number of rotatable bonds is 4. The second-order valence-electron chi connectivity index (χ2n) is 5.27. The van der Waals surface area contributed by atoms with Crippen molar-refractivity contribution in [2.24, 2.45) is 5.92 Å². The molecule has 1 unspecified atom stereocenters. The zero-order valence-corrected chi connectivity index (χ0v) is 11.6. The molecule has 1 aliphatic rings. The minimum atomic E-state index is -0.0387. The lowest BCUT2D eigenvalue weighted by molar-refractivity contribution is 0.108. The van der Waals surface area contributed by atoms with Crippen molar-refractivity contribution in [3.05, 3.63) is 21.9 Å². The summed E-state index contributed by atoms with van der Waals surface area (Å²) in [5.74, 6) is 0.751. The van der Waals surface area contributed by atoms with Crippen LogP contribution in [0.2, 0.25) is 0 Å². The Kier molecular flexibility index (Phi) is 4.60. The largest absolute Gasteiger partial charge is 0.393 e. The monoisotopic (exact) mass is 253 g/mol. The molecular weight excluding hydrogens is 230 g/mol. The van der Waals surface area contributed by atoms with E-state index < -0.39 is 0 Å². The summed E-state index contributed by atoms with van der Waals surface area (Å²) in [6.45, 7) is 5.52. The number of aliphatic hydroxyl groups is 1. The Hall–Kier alpha value is -0.380. The highest BCUT2D eigenvalue weighted by atomic mass is 32.1. The smallest absolute Gasteiger partial charge is 0.0540 e. The highest BCUT2D eigenvalue weighted by Gasteiger charge is 2.20. The fraction of sp³-hybridized carbons (Fsp3) is 0.714. The van der Waals surface area contributed by atoms with Crippen LogP contribution in [0.1, 0.15) is 49.1 Å². The summed E-state index contributed by atoms with van der Waals surface area (Å²) in [5.41, 5.74) is 1.40. The van der Waals surface area contributed by atoms with E-state index in [1.165, 1.54) is 23.3 Å². The van der Waals surface area contributed by atoms with Gasteiger partial charge in [0.2, 0.25) is 0 Å². The van der Waals surface area contributed by atoms with Crippen LogP contribution in [-0.4, -0.2) is 17.8 Å². The summed E-state index contributed by atoms with van der Waals surface area (Å²) in [6, 6.07) is 2.65. The van der Waals surface area contributed by atoms with Crippen molar-refractivity contribution in [2.45, 2.75) is 51.7 Å². The second kappa shape index (κ2) is 5.98. The minimum absolute atomic E-state index is 0.0387. The van der Waals surface area contributed by atoms with E-state index in [0.29, 0.717) is 6.04 Å². The normalized spacial score (nSPS) is 27.0. The van der Waals surface area contributed by atoms with Gasteiger partial charge in [-0.1, -0.05) is 0 Å². The van der Waals surface area contributed by atoms with Gasteiger partial charge in [-0.2, -0.15) is 0 Å². The van der Waals surface area contributed by atoms with Crippen molar-refractivity contribution >= 4 is 11.3 Å². The van der Waals surface area contributed by atoms with Crippen LogP contribution in [0, 0.1) is 12.8 Å². The molecule has 2 N–H and O–H groups in total. The van der Waals surface area contributed by atoms with Gasteiger partial charge in [0.25, 0.3) is 0 Å². The Labute approximate surface area is 108 Å². The fourth-order valence-electron chi connectivity index (χ4n) is 2.61. The third-order valence-electron chi connectivity index (χ3n) is 3.82. The molecule has 1 saturated carbocycles. The first-order valence-corrected chi connectivity index (χ1v) is 7.50. The third kappa shape index (κ3) is 3.54. The van der Waals surface area contributed by atoms with Gasteiger partial charge in [0.05, 0.1) is 6.10 Å². The van der Waals surface area contributed by atoms with Crippen LogP contribution in [0.25, 0.3) is 0 Å². The molecule has 1 fully saturated rings. The fourth-order valence-corrected chi connectivity index (χ4v) is 3.57. The second-order valence-corrected chi connectivity index (χ2v) is 6.22. The van der Waals surface area contributed by atoms with Crippen LogP contribution in [-0.2, 0) is 0 Å². The molecule has 0 aromatic carbocycles. The predicted octanol–water partition coefficient (Wildman–Crippen LogP) is 3.26. The first kappa shape index (κ1) is 13.1. The molecule has 0 saturated heterocycles. The molecule has 96 valence electrons. The number of nitrogens with one attached hydrogen (secondary N) is 1. The van der Waals surface area contributed by atoms with Gasteiger partial charge < -0.3 is 10.4 Å². The molecule has 1 aromatic rings. The minimum Gasteiger partial charge on any atom is -0.393 e. The Morgan fingerprint density at radius 2 is 2.12 bits per heavy atom. The molecule has 0 bridgehead atoms. The van der Waals surface area contributed by atoms with Crippen molar-refractivity contribution in [2.75, 3.05) is 6.54 Å². The van der Waals surface area contributed by atoms with E-state index in [0.717, 1.165) is 25.3 Å². The zero-order chi connectivity index (χ0) is 12.3. The van der Waals surface area contributed by atoms with E-state index in [1.807, 2.05) is 11.3 Å². The zero-order valence-electron chi connectivity index (χ0n) is 10.8. The van der Waals surface area contributed by atoms with E-state index in [1.54, 1.807) is 0 Å². The number of hydrogen-bond acceptors (Lipinski definition) is 3. The topological polar surface area (TPSA) is 32.3 Å². The van der Waals surface area contributed by atoms with Crippen LogP contribution >= 0.6 is 11.3 Å². The molecule has 3 heteroatoms. The van der Waals surface area contributed by atoms with Gasteiger partial charge in [0.1, 0.15) is 0 Å². The molecule has 0 aliphatic heterocycles. The molecule has 0 radical (unpaired) electrons. The van der Waals surface area contributed by atoms with Gasteiger partial charge >= 0.3 is 0 Å². The molecule has 1 heterocycles. The van der Waals surface area contributed by atoms with Crippen molar-refractivity contribution in [3.63, 3.8) is 0 Å². The molecule has 2 rings (SSSR count). The molecule has 0 amide bonds. The van der Waals surface area contributed by atoms with E-state index in [-0.39, 0.29) is 6.10 Å². The van der Waals surface area contributed by atoms with Crippen molar-refractivity contribution in [3.8, 4) is 0 Å². The molecule has 2 nitrogen and oxygen atoms in total. The molecule has 1 aliphatic carbocycles. The number of thiophene rings is 1. The molecule has 0 spiro atoms. The Balaban J connectivity index is 1.77. The van der Waals surface area contributed by atoms with Gasteiger partial charge in [-0.15, -0.1) is 11.3 Å². The van der Waals surface area contributed by atoms with E-state index in [2.05, 4.69) is 30.6 Å². The van der Waals surface area contributed by atoms with Crippen molar-refractivity contribution < 1.29 is 5.11 Å². The van der Waals surface area contributed by atoms with Crippen LogP contribution in [0.3, 0.4) is 0 Å². The van der Waals surface area contributed by atoms with Gasteiger partial charge in [-0.3, -0.25) is 0 Å². The van der Waals surface area contributed by atoms with Crippen LogP contribution < -0.4 is 5.32 Å². The maximum Gasteiger partial charge on any atom is 0.0540 e. The Bertz CT molecular complexity index is 342. The number of aryl methyl sites for hydroxylation is 1. The Morgan fingerprint density at radius 1 is 1.41 bits per heavy atom. The highest BCUT2D eigenvalue weighted by Crippen LogP contribution is 2.26. The average molecular weight is 253 g/mol. The van der Waals surface area contributed by atoms with Gasteiger partial charge in [-0.05, 0) is 69.0 Å². The lowest BCUT2D eigenvalue weighted by atomic mass is 9.87. The Morgan fingerprint density at radius 3 is 2.71 bits per heavy atom.